The molecule has 1 saturated heterocycles. The van der Waals surface area contributed by atoms with Gasteiger partial charge in [0, 0.05) is 11.4 Å². The lowest BCUT2D eigenvalue weighted by Gasteiger charge is -2.29. The second-order valence-electron chi connectivity index (χ2n) is 7.27. The third kappa shape index (κ3) is 4.18. The maximum absolute atomic E-state index is 13.3. The average molecular weight is 539 g/mol. The first-order valence-electron chi connectivity index (χ1n) is 9.60. The van der Waals surface area contributed by atoms with Crippen LogP contribution in [-0.2, 0) is 9.59 Å². The van der Waals surface area contributed by atoms with Crippen molar-refractivity contribution in [3.8, 4) is 5.69 Å². The molecule has 1 aliphatic heterocycles. The van der Waals surface area contributed by atoms with Crippen molar-refractivity contribution < 1.29 is 9.59 Å². The Morgan fingerprint density at radius 1 is 0.909 bits per heavy atom. The molecule has 0 bridgehead atoms. The van der Waals surface area contributed by atoms with E-state index in [2.05, 4.69) is 5.32 Å². The van der Waals surface area contributed by atoms with Crippen molar-refractivity contribution >= 4 is 87.3 Å². The summed E-state index contributed by atoms with van der Waals surface area (Å²) in [5, 5.41) is 3.70. The Labute approximate surface area is 215 Å². The number of amides is 2. The van der Waals surface area contributed by atoms with Gasteiger partial charge in [0.1, 0.15) is 5.57 Å². The smallest absolute Gasteiger partial charge is 0.270 e. The van der Waals surface area contributed by atoms with Crippen LogP contribution in [0.4, 0.5) is 5.69 Å². The molecule has 1 aliphatic rings. The fraction of sp³-hybridized carbons (Fsp3) is 0.0870. The van der Waals surface area contributed by atoms with Crippen LogP contribution < -0.4 is 10.2 Å². The Hall–Kier alpha value is -2.35. The summed E-state index contributed by atoms with van der Waals surface area (Å²) in [7, 11) is 0. The Balaban J connectivity index is 1.81. The van der Waals surface area contributed by atoms with E-state index in [4.69, 9.17) is 58.6 Å². The van der Waals surface area contributed by atoms with Gasteiger partial charge in [-0.3, -0.25) is 19.8 Å². The Kier molecular flexibility index (Phi) is 6.58. The zero-order valence-electron chi connectivity index (χ0n) is 17.2. The molecule has 168 valence electrons. The lowest BCUT2D eigenvalue weighted by Crippen LogP contribution is -2.54. The molecule has 1 fully saturated rings. The lowest BCUT2D eigenvalue weighted by atomic mass is 10.1. The second kappa shape index (κ2) is 9.12. The van der Waals surface area contributed by atoms with Crippen LogP contribution in [0.1, 0.15) is 17.0 Å². The van der Waals surface area contributed by atoms with Crippen LogP contribution in [0.5, 0.6) is 0 Å². The largest absolute Gasteiger partial charge is 0.316 e. The molecular formula is C23H15Cl4N3O2S. The van der Waals surface area contributed by atoms with Gasteiger partial charge in [0.2, 0.25) is 0 Å². The van der Waals surface area contributed by atoms with Crippen molar-refractivity contribution in [1.82, 2.24) is 9.88 Å². The molecule has 0 spiro atoms. The first-order valence-corrected chi connectivity index (χ1v) is 11.5. The molecule has 0 saturated carbocycles. The van der Waals surface area contributed by atoms with Crippen LogP contribution in [0.2, 0.25) is 20.1 Å². The number of hydrogen-bond donors (Lipinski definition) is 1. The van der Waals surface area contributed by atoms with E-state index in [0.717, 1.165) is 16.3 Å². The van der Waals surface area contributed by atoms with E-state index in [1.807, 2.05) is 30.5 Å². The predicted molar refractivity (Wildman–Crippen MR) is 138 cm³/mol. The summed E-state index contributed by atoms with van der Waals surface area (Å²) in [5.41, 5.74) is 3.14. The normalized spacial score (nSPS) is 15.4. The molecule has 2 heterocycles. The number of carbonyl (C=O) groups excluding carboxylic acids is 2. The fourth-order valence-electron chi connectivity index (χ4n) is 3.67. The molecule has 5 nitrogen and oxygen atoms in total. The summed E-state index contributed by atoms with van der Waals surface area (Å²) >= 11 is 30.3. The highest BCUT2D eigenvalue weighted by Crippen LogP contribution is 2.35. The van der Waals surface area contributed by atoms with E-state index < -0.39 is 11.8 Å². The van der Waals surface area contributed by atoms with Crippen LogP contribution in [0.15, 0.2) is 48.0 Å². The quantitative estimate of drug-likeness (QED) is 0.234. The number of carbonyl (C=O) groups is 2. The minimum atomic E-state index is -0.612. The van der Waals surface area contributed by atoms with Gasteiger partial charge in [0.15, 0.2) is 5.11 Å². The molecule has 1 aromatic heterocycles. The Bertz CT molecular complexity index is 1380. The van der Waals surface area contributed by atoms with Crippen LogP contribution in [0.3, 0.4) is 0 Å². The highest BCUT2D eigenvalue weighted by molar-refractivity contribution is 7.80. The topological polar surface area (TPSA) is 54.3 Å². The van der Waals surface area contributed by atoms with E-state index in [1.54, 1.807) is 30.3 Å². The molecule has 2 aromatic carbocycles. The SMILES string of the molecule is Cc1cc(/C=C2\C(=O)NC(=S)N(c3cccc(Cl)c3Cl)C2=O)c(C)n1-c1cccc(Cl)c1Cl. The van der Waals surface area contributed by atoms with Crippen molar-refractivity contribution in [1.29, 1.82) is 0 Å². The van der Waals surface area contributed by atoms with Crippen molar-refractivity contribution in [2.24, 2.45) is 0 Å². The molecular weight excluding hydrogens is 524 g/mol. The number of nitrogens with one attached hydrogen (secondary N) is 1. The van der Waals surface area contributed by atoms with Gasteiger partial charge in [-0.2, -0.15) is 0 Å². The number of rotatable bonds is 3. The van der Waals surface area contributed by atoms with E-state index >= 15 is 0 Å². The first-order chi connectivity index (χ1) is 15.6. The molecule has 3 aromatic rings. The van der Waals surface area contributed by atoms with Gasteiger partial charge >= 0.3 is 0 Å². The zero-order valence-corrected chi connectivity index (χ0v) is 21.1. The summed E-state index contributed by atoms with van der Waals surface area (Å²) in [6.07, 6.45) is 1.52. The zero-order chi connectivity index (χ0) is 24.0. The minimum Gasteiger partial charge on any atom is -0.316 e. The van der Waals surface area contributed by atoms with Crippen LogP contribution in [-0.4, -0.2) is 21.5 Å². The maximum Gasteiger partial charge on any atom is 0.270 e. The summed E-state index contributed by atoms with van der Waals surface area (Å²) in [6, 6.07) is 12.0. The molecule has 10 heteroatoms. The third-order valence-corrected chi connectivity index (χ3v) is 7.12. The second-order valence-corrected chi connectivity index (χ2v) is 9.22. The number of anilines is 1. The van der Waals surface area contributed by atoms with Crippen molar-refractivity contribution in [3.63, 3.8) is 0 Å². The molecule has 33 heavy (non-hydrogen) atoms. The molecule has 0 atom stereocenters. The highest BCUT2D eigenvalue weighted by atomic mass is 35.5. The fourth-order valence-corrected chi connectivity index (χ4v) is 4.70. The number of thiocarbonyl (C=S) groups is 1. The Morgan fingerprint density at radius 2 is 1.48 bits per heavy atom. The van der Waals surface area contributed by atoms with E-state index in [-0.39, 0.29) is 26.4 Å². The number of aromatic nitrogens is 1. The van der Waals surface area contributed by atoms with Gasteiger partial charge in [0.25, 0.3) is 11.8 Å². The molecule has 0 radical (unpaired) electrons. The number of benzene rings is 2. The van der Waals surface area contributed by atoms with Gasteiger partial charge in [0.05, 0.1) is 31.5 Å². The maximum atomic E-state index is 13.3. The van der Waals surface area contributed by atoms with Gasteiger partial charge in [-0.1, -0.05) is 58.5 Å². The lowest BCUT2D eigenvalue weighted by molar-refractivity contribution is -0.122. The molecule has 1 N–H and O–H groups in total. The van der Waals surface area contributed by atoms with Gasteiger partial charge in [-0.15, -0.1) is 0 Å². The third-order valence-electron chi connectivity index (χ3n) is 5.22. The van der Waals surface area contributed by atoms with Crippen LogP contribution in [0.25, 0.3) is 11.8 Å². The molecule has 0 aliphatic carbocycles. The summed E-state index contributed by atoms with van der Waals surface area (Å²) in [6.45, 7) is 3.75. The molecule has 4 rings (SSSR count). The standard InChI is InChI=1S/C23H15Cl4N3O2S/c1-11-9-13(12(2)29(11)17-7-3-5-15(24)19(17)26)10-14-21(31)28-23(33)30(22(14)32)18-8-4-6-16(25)20(18)27/h3-10H,1-2H3,(H,28,31,33)/b14-10+. The van der Waals surface area contributed by atoms with E-state index in [9.17, 15) is 9.59 Å². The van der Waals surface area contributed by atoms with Gasteiger partial charge in [-0.25, -0.2) is 0 Å². The van der Waals surface area contributed by atoms with Crippen LogP contribution in [0, 0.1) is 13.8 Å². The number of aryl methyl sites for hydroxylation is 1. The highest BCUT2D eigenvalue weighted by Gasteiger charge is 2.36. The van der Waals surface area contributed by atoms with Crippen molar-refractivity contribution in [2.75, 3.05) is 4.90 Å². The molecule has 2 amide bonds. The monoisotopic (exact) mass is 537 g/mol. The number of hydrogen-bond acceptors (Lipinski definition) is 3. The number of halogens is 4. The first kappa shape index (κ1) is 23.8. The van der Waals surface area contributed by atoms with E-state index in [1.165, 1.54) is 6.08 Å². The average Bonchev–Trinajstić information content (AvgIpc) is 3.03. The summed E-state index contributed by atoms with van der Waals surface area (Å²) < 4.78 is 1.90. The van der Waals surface area contributed by atoms with Gasteiger partial charge < -0.3 is 4.57 Å². The number of nitrogens with zero attached hydrogens (tertiary/aromatic N) is 2. The Morgan fingerprint density at radius 3 is 2.12 bits per heavy atom. The van der Waals surface area contributed by atoms with Crippen molar-refractivity contribution in [2.45, 2.75) is 13.8 Å². The minimum absolute atomic E-state index is 0.0810. The molecule has 0 unspecified atom stereocenters. The summed E-state index contributed by atoms with van der Waals surface area (Å²) in [5.74, 6) is -1.22. The predicted octanol–water partition coefficient (Wildman–Crippen LogP) is 6.54. The van der Waals surface area contributed by atoms with Gasteiger partial charge in [-0.05, 0) is 68.0 Å². The van der Waals surface area contributed by atoms with Crippen LogP contribution >= 0.6 is 58.6 Å². The summed E-state index contributed by atoms with van der Waals surface area (Å²) in [4.78, 5) is 27.2. The van der Waals surface area contributed by atoms with E-state index in [0.29, 0.717) is 21.3 Å². The van der Waals surface area contributed by atoms with Crippen molar-refractivity contribution in [3.05, 3.63) is 85.1 Å².